The van der Waals surface area contributed by atoms with E-state index in [-0.39, 0.29) is 18.3 Å². The van der Waals surface area contributed by atoms with Gasteiger partial charge in [0.1, 0.15) is 12.4 Å². The van der Waals surface area contributed by atoms with E-state index in [1.54, 1.807) is 23.8 Å². The molecule has 2 N–H and O–H groups in total. The van der Waals surface area contributed by atoms with Gasteiger partial charge in [0.25, 0.3) is 0 Å². The van der Waals surface area contributed by atoms with Crippen molar-refractivity contribution in [3.63, 3.8) is 0 Å². The van der Waals surface area contributed by atoms with Crippen LogP contribution in [0.2, 0.25) is 0 Å². The fourth-order valence-corrected chi connectivity index (χ4v) is 3.30. The van der Waals surface area contributed by atoms with E-state index < -0.39 is 0 Å². The van der Waals surface area contributed by atoms with E-state index in [1.165, 1.54) is 6.07 Å². The van der Waals surface area contributed by atoms with Gasteiger partial charge in [-0.3, -0.25) is 9.78 Å². The molecule has 0 saturated heterocycles. The van der Waals surface area contributed by atoms with Gasteiger partial charge in [-0.15, -0.1) is 0 Å². The maximum atomic E-state index is 13.6. The van der Waals surface area contributed by atoms with Gasteiger partial charge in [0, 0.05) is 29.7 Å². The highest BCUT2D eigenvalue weighted by molar-refractivity contribution is 5.90. The Morgan fingerprint density at radius 2 is 1.85 bits per heavy atom. The second kappa shape index (κ2) is 6.68. The first-order valence-electron chi connectivity index (χ1n) is 8.61. The van der Waals surface area contributed by atoms with Crippen molar-refractivity contribution < 1.29 is 9.18 Å². The Balaban J connectivity index is 1.81. The SMILES string of the molecule is Cc1cc(-c2ncccc2-c2ccc3cn(CC(N)=O)cc3c2)ccc1F. The molecule has 0 bridgehead atoms. The van der Waals surface area contributed by atoms with Crippen LogP contribution in [0.5, 0.6) is 0 Å². The number of aryl methyl sites for hydroxylation is 1. The molecule has 2 aromatic carbocycles. The Kier molecular flexibility index (Phi) is 4.20. The van der Waals surface area contributed by atoms with E-state index in [2.05, 4.69) is 11.1 Å². The molecule has 0 unspecified atom stereocenters. The van der Waals surface area contributed by atoms with E-state index in [0.717, 1.165) is 33.2 Å². The molecule has 0 fully saturated rings. The summed E-state index contributed by atoms with van der Waals surface area (Å²) in [5, 5.41) is 2.04. The number of benzene rings is 2. The third-order valence-corrected chi connectivity index (χ3v) is 4.59. The lowest BCUT2D eigenvalue weighted by Crippen LogP contribution is -2.17. The number of rotatable bonds is 4. The summed E-state index contributed by atoms with van der Waals surface area (Å²) in [6.45, 7) is 1.89. The third-order valence-electron chi connectivity index (χ3n) is 4.59. The van der Waals surface area contributed by atoms with E-state index >= 15 is 0 Å². The van der Waals surface area contributed by atoms with E-state index in [4.69, 9.17) is 5.73 Å². The van der Waals surface area contributed by atoms with Crippen molar-refractivity contribution in [2.24, 2.45) is 5.73 Å². The van der Waals surface area contributed by atoms with E-state index in [1.807, 2.05) is 42.7 Å². The molecule has 0 saturated carbocycles. The van der Waals surface area contributed by atoms with Crippen molar-refractivity contribution in [3.05, 3.63) is 78.5 Å². The van der Waals surface area contributed by atoms with Crippen LogP contribution in [0, 0.1) is 12.7 Å². The lowest BCUT2D eigenvalue weighted by Gasteiger charge is -2.10. The summed E-state index contributed by atoms with van der Waals surface area (Å²) in [7, 11) is 0. The molecule has 2 heterocycles. The fraction of sp³-hybridized carbons (Fsp3) is 0.0909. The van der Waals surface area contributed by atoms with Crippen molar-refractivity contribution in [3.8, 4) is 22.4 Å². The topological polar surface area (TPSA) is 60.9 Å². The summed E-state index contributed by atoms with van der Waals surface area (Å²) in [5.74, 6) is -0.606. The standard InChI is InChI=1S/C22H18FN3O/c1-14-9-16(6-7-20(14)23)22-19(3-2-8-25-22)15-4-5-17-11-26(13-21(24)27)12-18(17)10-15/h2-12H,13H2,1H3,(H2,24,27). The molecule has 0 radical (unpaired) electrons. The van der Waals surface area contributed by atoms with Gasteiger partial charge in [0.15, 0.2) is 0 Å². The molecule has 134 valence electrons. The van der Waals surface area contributed by atoms with Gasteiger partial charge in [0.05, 0.1) is 5.69 Å². The van der Waals surface area contributed by atoms with Gasteiger partial charge < -0.3 is 10.3 Å². The minimum absolute atomic E-state index is 0.150. The van der Waals surface area contributed by atoms with Crippen LogP contribution in [0.25, 0.3) is 33.2 Å². The lowest BCUT2D eigenvalue weighted by atomic mass is 9.97. The monoisotopic (exact) mass is 359 g/mol. The van der Waals surface area contributed by atoms with Crippen LogP contribution in [0.3, 0.4) is 0 Å². The summed E-state index contributed by atoms with van der Waals surface area (Å²) >= 11 is 0. The van der Waals surface area contributed by atoms with Crippen molar-refractivity contribution in [2.45, 2.75) is 13.5 Å². The van der Waals surface area contributed by atoms with Crippen molar-refractivity contribution >= 4 is 16.7 Å². The second-order valence-electron chi connectivity index (χ2n) is 6.60. The van der Waals surface area contributed by atoms with Crippen LogP contribution in [0.4, 0.5) is 4.39 Å². The Morgan fingerprint density at radius 1 is 1.07 bits per heavy atom. The molecule has 5 heteroatoms. The number of carbonyl (C=O) groups excluding carboxylic acids is 1. The Morgan fingerprint density at radius 3 is 2.63 bits per heavy atom. The molecule has 0 aliphatic carbocycles. The highest BCUT2D eigenvalue weighted by Gasteiger charge is 2.11. The van der Waals surface area contributed by atoms with Gasteiger partial charge in [-0.1, -0.05) is 18.2 Å². The third kappa shape index (κ3) is 3.31. The number of nitrogens with two attached hydrogens (primary N) is 1. The first kappa shape index (κ1) is 17.0. The molecule has 1 amide bonds. The number of hydrogen-bond acceptors (Lipinski definition) is 2. The number of pyridine rings is 1. The second-order valence-corrected chi connectivity index (χ2v) is 6.60. The lowest BCUT2D eigenvalue weighted by molar-refractivity contribution is -0.118. The average molecular weight is 359 g/mol. The van der Waals surface area contributed by atoms with Gasteiger partial charge in [0.2, 0.25) is 5.91 Å². The smallest absolute Gasteiger partial charge is 0.237 e. The summed E-state index contributed by atoms with van der Waals surface area (Å²) in [6, 6.07) is 15.0. The molecular weight excluding hydrogens is 341 g/mol. The van der Waals surface area contributed by atoms with Crippen LogP contribution in [-0.4, -0.2) is 15.5 Å². The molecule has 4 aromatic rings. The first-order valence-corrected chi connectivity index (χ1v) is 8.61. The molecule has 4 rings (SSSR count). The quantitative estimate of drug-likeness (QED) is 0.590. The molecule has 4 nitrogen and oxygen atoms in total. The van der Waals surface area contributed by atoms with E-state index in [9.17, 15) is 9.18 Å². The zero-order chi connectivity index (χ0) is 19.0. The molecule has 0 spiro atoms. The largest absolute Gasteiger partial charge is 0.368 e. The van der Waals surface area contributed by atoms with Crippen LogP contribution in [0.1, 0.15) is 5.56 Å². The molecule has 0 aliphatic heterocycles. The van der Waals surface area contributed by atoms with Crippen molar-refractivity contribution in [2.75, 3.05) is 0 Å². The number of halogens is 1. The normalized spacial score (nSPS) is 11.0. The summed E-state index contributed by atoms with van der Waals surface area (Å²) in [5.41, 5.74) is 9.51. The van der Waals surface area contributed by atoms with Gasteiger partial charge in [-0.2, -0.15) is 0 Å². The number of hydrogen-bond donors (Lipinski definition) is 1. The Bertz CT molecular complexity index is 1160. The van der Waals surface area contributed by atoms with Gasteiger partial charge in [-0.05, 0) is 59.2 Å². The van der Waals surface area contributed by atoms with Gasteiger partial charge in [-0.25, -0.2) is 4.39 Å². The van der Waals surface area contributed by atoms with Crippen molar-refractivity contribution in [1.82, 2.24) is 9.55 Å². The molecule has 0 atom stereocenters. The fourth-order valence-electron chi connectivity index (χ4n) is 3.30. The van der Waals surface area contributed by atoms with E-state index in [0.29, 0.717) is 5.56 Å². The number of nitrogens with zero attached hydrogens (tertiary/aromatic N) is 2. The number of primary amides is 1. The van der Waals surface area contributed by atoms with Crippen LogP contribution in [0.15, 0.2) is 67.1 Å². The zero-order valence-electron chi connectivity index (χ0n) is 14.8. The Hall–Kier alpha value is -3.47. The number of amides is 1. The number of aromatic nitrogens is 2. The zero-order valence-corrected chi connectivity index (χ0v) is 14.8. The molecule has 2 aromatic heterocycles. The summed E-state index contributed by atoms with van der Waals surface area (Å²) in [4.78, 5) is 15.7. The number of carbonyl (C=O) groups is 1. The minimum Gasteiger partial charge on any atom is -0.368 e. The van der Waals surface area contributed by atoms with Crippen LogP contribution in [-0.2, 0) is 11.3 Å². The Labute approximate surface area is 156 Å². The van der Waals surface area contributed by atoms with Crippen LogP contribution < -0.4 is 5.73 Å². The van der Waals surface area contributed by atoms with Crippen LogP contribution >= 0.6 is 0 Å². The van der Waals surface area contributed by atoms with Gasteiger partial charge >= 0.3 is 0 Å². The molecule has 27 heavy (non-hydrogen) atoms. The first-order chi connectivity index (χ1) is 13.0. The van der Waals surface area contributed by atoms with Crippen molar-refractivity contribution in [1.29, 1.82) is 0 Å². The molecule has 0 aliphatic rings. The predicted molar refractivity (Wildman–Crippen MR) is 104 cm³/mol. The minimum atomic E-state index is -0.378. The maximum Gasteiger partial charge on any atom is 0.237 e. The average Bonchev–Trinajstić information content (AvgIpc) is 3.04. The summed E-state index contributed by atoms with van der Waals surface area (Å²) in [6.07, 6.45) is 5.54. The number of fused-ring (bicyclic) bond motifs is 1. The predicted octanol–water partition coefficient (Wildman–Crippen LogP) is 4.30. The highest BCUT2D eigenvalue weighted by Crippen LogP contribution is 2.32. The summed E-state index contributed by atoms with van der Waals surface area (Å²) < 4.78 is 15.4. The highest BCUT2D eigenvalue weighted by atomic mass is 19.1. The molecular formula is C22H18FN3O. The maximum absolute atomic E-state index is 13.6.